The lowest BCUT2D eigenvalue weighted by molar-refractivity contribution is 0.590. The maximum atomic E-state index is 6.64. The maximum Gasteiger partial charge on any atom is 0.333 e. The van der Waals surface area contributed by atoms with Crippen LogP contribution in [0.15, 0.2) is 191 Å². The van der Waals surface area contributed by atoms with Crippen molar-refractivity contribution in [3.63, 3.8) is 0 Å². The van der Waals surface area contributed by atoms with Crippen molar-refractivity contribution >= 4 is 106 Å². The second-order valence-electron chi connectivity index (χ2n) is 19.1. The third kappa shape index (κ3) is 4.78. The lowest BCUT2D eigenvalue weighted by atomic mass is 9.44. The molecule has 0 unspecified atom stereocenters. The van der Waals surface area contributed by atoms with Crippen molar-refractivity contribution < 1.29 is 8.83 Å². The van der Waals surface area contributed by atoms with Crippen molar-refractivity contribution in [2.75, 3.05) is 4.81 Å². The van der Waals surface area contributed by atoms with Gasteiger partial charge in [0.1, 0.15) is 28.2 Å². The predicted molar refractivity (Wildman–Crippen MR) is 273 cm³/mol. The molecule has 0 aliphatic carbocycles. The summed E-state index contributed by atoms with van der Waals surface area (Å²) in [6, 6.07) is 66.1. The molecule has 0 amide bonds. The van der Waals surface area contributed by atoms with E-state index in [2.05, 4.69) is 211 Å². The van der Waals surface area contributed by atoms with Crippen LogP contribution in [0.25, 0.3) is 111 Å². The molecule has 15 rings (SSSR count). The first-order valence-electron chi connectivity index (χ1n) is 22.8. The Balaban J connectivity index is 1.12. The van der Waals surface area contributed by atoms with Gasteiger partial charge >= 0.3 is 6.85 Å². The molecule has 0 atom stereocenters. The first kappa shape index (κ1) is 36.1. The standard InChI is InChI=1S/C59H39BN4O2/c1-59(2,3)35-22-24-37(25-23-35)64-49-29-45-39-19-11-13-21-53(39)65-54(45)30-42(49)40-26-27-41-43-31-55-44(38-18-10-12-20-52(38)66-55)28-48(43)63-50-33-51-47(32-46(50)60(64)56(40)57(41)63)61-58(34-14-6-4-7-15-34)62(51)36-16-8-5-9-17-36/h4-33H,1-3H3. The van der Waals surface area contributed by atoms with Gasteiger partial charge in [-0.05, 0) is 100 Å². The quantitative estimate of drug-likeness (QED) is 0.166. The normalized spacial score (nSPS) is 13.3. The number of rotatable bonds is 3. The van der Waals surface area contributed by atoms with E-state index >= 15 is 0 Å². The van der Waals surface area contributed by atoms with Gasteiger partial charge in [-0.15, -0.1) is 0 Å². The van der Waals surface area contributed by atoms with Crippen molar-refractivity contribution in [1.29, 1.82) is 0 Å². The van der Waals surface area contributed by atoms with Gasteiger partial charge < -0.3 is 18.2 Å². The number of benzene rings is 9. The van der Waals surface area contributed by atoms with E-state index in [1.165, 1.54) is 33.0 Å². The fourth-order valence-electron chi connectivity index (χ4n) is 11.4. The Bertz CT molecular complexity index is 4210. The highest BCUT2D eigenvalue weighted by Crippen LogP contribution is 2.49. The second-order valence-corrected chi connectivity index (χ2v) is 19.1. The maximum absolute atomic E-state index is 6.64. The zero-order valence-electron chi connectivity index (χ0n) is 36.5. The van der Waals surface area contributed by atoms with Crippen molar-refractivity contribution in [2.45, 2.75) is 26.2 Å². The molecule has 4 aromatic heterocycles. The molecule has 6 nitrogen and oxygen atoms in total. The van der Waals surface area contributed by atoms with Gasteiger partial charge in [0.05, 0.1) is 22.1 Å². The van der Waals surface area contributed by atoms with E-state index in [9.17, 15) is 0 Å². The van der Waals surface area contributed by atoms with Crippen LogP contribution in [0, 0.1) is 0 Å². The number of imidazole rings is 1. The van der Waals surface area contributed by atoms with Crippen molar-refractivity contribution in [3.05, 3.63) is 188 Å². The number of fused-ring (bicyclic) bond motifs is 15. The first-order valence-corrected chi connectivity index (χ1v) is 22.8. The van der Waals surface area contributed by atoms with Gasteiger partial charge in [-0.1, -0.05) is 130 Å². The van der Waals surface area contributed by atoms with Crippen molar-refractivity contribution in [1.82, 2.24) is 14.1 Å². The molecule has 0 spiro atoms. The Morgan fingerprint density at radius 2 is 1.14 bits per heavy atom. The summed E-state index contributed by atoms with van der Waals surface area (Å²) in [5.74, 6) is 0.907. The van der Waals surface area contributed by atoms with Crippen LogP contribution in [-0.4, -0.2) is 21.0 Å². The van der Waals surface area contributed by atoms with Crippen LogP contribution in [-0.2, 0) is 5.41 Å². The number of anilines is 2. The molecule has 66 heavy (non-hydrogen) atoms. The molecule has 2 aliphatic rings. The average molecular weight is 847 g/mol. The molecule has 9 aromatic carbocycles. The lowest BCUT2D eigenvalue weighted by Crippen LogP contribution is -2.60. The monoisotopic (exact) mass is 846 g/mol. The van der Waals surface area contributed by atoms with Gasteiger partial charge in [0, 0.05) is 66.2 Å². The molecule has 13 aromatic rings. The minimum atomic E-state index is -0.200. The van der Waals surface area contributed by atoms with E-state index < -0.39 is 0 Å². The summed E-state index contributed by atoms with van der Waals surface area (Å²) in [7, 11) is 0. The number of hydrogen-bond acceptors (Lipinski definition) is 4. The van der Waals surface area contributed by atoms with E-state index in [0.29, 0.717) is 0 Å². The number of nitrogens with zero attached hydrogens (tertiary/aromatic N) is 4. The van der Waals surface area contributed by atoms with Crippen LogP contribution in [0.4, 0.5) is 11.4 Å². The molecule has 6 heterocycles. The third-order valence-corrected chi connectivity index (χ3v) is 14.4. The summed E-state index contributed by atoms with van der Waals surface area (Å²) >= 11 is 0. The molecular weight excluding hydrogens is 807 g/mol. The van der Waals surface area contributed by atoms with Gasteiger partial charge in [-0.2, -0.15) is 0 Å². The van der Waals surface area contributed by atoms with Crippen LogP contribution in [0.5, 0.6) is 0 Å². The zero-order chi connectivity index (χ0) is 43.6. The SMILES string of the molecule is CC(C)(C)c1ccc(N2B3c4cc5nc(-c6ccccc6)n(-c6ccccc6)c5cc4-n4c5cc6c(cc5c5ccc(c3c54)-c3cc4oc5ccccc5c4cc32)oc2ccccc26)cc1. The summed E-state index contributed by atoms with van der Waals surface area (Å²) in [6.45, 7) is 6.65. The highest BCUT2D eigenvalue weighted by Gasteiger charge is 2.45. The van der Waals surface area contributed by atoms with Crippen molar-refractivity contribution in [3.8, 4) is 33.9 Å². The molecule has 0 N–H and O–H groups in total. The summed E-state index contributed by atoms with van der Waals surface area (Å²) in [6.07, 6.45) is 0. The van der Waals surface area contributed by atoms with Gasteiger partial charge in [0.15, 0.2) is 0 Å². The zero-order valence-corrected chi connectivity index (χ0v) is 36.5. The van der Waals surface area contributed by atoms with E-state index in [0.717, 1.165) is 106 Å². The van der Waals surface area contributed by atoms with Gasteiger partial charge in [-0.25, -0.2) is 4.98 Å². The molecule has 7 heteroatoms. The fraction of sp³-hybridized carbons (Fsp3) is 0.0678. The average Bonchev–Trinajstić information content (AvgIpc) is 4.10. The molecule has 0 saturated heterocycles. The topological polar surface area (TPSA) is 52.3 Å². The van der Waals surface area contributed by atoms with Crippen LogP contribution < -0.4 is 15.7 Å². The van der Waals surface area contributed by atoms with Crippen LogP contribution >= 0.6 is 0 Å². The second kappa shape index (κ2) is 12.7. The molecule has 2 aliphatic heterocycles. The Kier molecular flexibility index (Phi) is 6.95. The summed E-state index contributed by atoms with van der Waals surface area (Å²) < 4.78 is 18.1. The highest BCUT2D eigenvalue weighted by molar-refractivity contribution is 6.94. The minimum absolute atomic E-state index is 0.00149. The van der Waals surface area contributed by atoms with Crippen molar-refractivity contribution in [2.24, 2.45) is 0 Å². The molecule has 0 bridgehead atoms. The molecule has 0 fully saturated rings. The molecule has 0 saturated carbocycles. The Morgan fingerprint density at radius 3 is 1.86 bits per heavy atom. The predicted octanol–water partition coefficient (Wildman–Crippen LogP) is 14.1. The fourth-order valence-corrected chi connectivity index (χ4v) is 11.4. The van der Waals surface area contributed by atoms with Crippen LogP contribution in [0.3, 0.4) is 0 Å². The summed E-state index contributed by atoms with van der Waals surface area (Å²) in [4.78, 5) is 8.16. The Labute approximate surface area is 379 Å². The summed E-state index contributed by atoms with van der Waals surface area (Å²) in [5, 5.41) is 6.79. The Morgan fingerprint density at radius 1 is 0.470 bits per heavy atom. The third-order valence-electron chi connectivity index (χ3n) is 14.4. The van der Waals surface area contributed by atoms with E-state index in [1.807, 2.05) is 6.07 Å². The van der Waals surface area contributed by atoms with E-state index in [-0.39, 0.29) is 12.3 Å². The number of aromatic nitrogens is 3. The first-order chi connectivity index (χ1) is 32.4. The largest absolute Gasteiger partial charge is 0.456 e. The van der Waals surface area contributed by atoms with Crippen LogP contribution in [0.2, 0.25) is 0 Å². The Hall–Kier alpha value is -8.29. The number of para-hydroxylation sites is 3. The van der Waals surface area contributed by atoms with Gasteiger partial charge in [-0.3, -0.25) is 4.57 Å². The van der Waals surface area contributed by atoms with Gasteiger partial charge in [0.25, 0.3) is 0 Å². The lowest BCUT2D eigenvalue weighted by Gasteiger charge is -2.42. The van der Waals surface area contributed by atoms with Gasteiger partial charge in [0.2, 0.25) is 0 Å². The smallest absolute Gasteiger partial charge is 0.333 e. The van der Waals surface area contributed by atoms with E-state index in [1.54, 1.807) is 0 Å². The van der Waals surface area contributed by atoms with E-state index in [4.69, 9.17) is 13.8 Å². The molecule has 0 radical (unpaired) electrons. The molecule has 310 valence electrons. The minimum Gasteiger partial charge on any atom is -0.456 e. The molecular formula is C59H39BN4O2. The highest BCUT2D eigenvalue weighted by atomic mass is 16.3. The number of hydrogen-bond donors (Lipinski definition) is 0. The summed E-state index contributed by atoms with van der Waals surface area (Å²) in [5.41, 5.74) is 19.5. The van der Waals surface area contributed by atoms with Crippen LogP contribution in [0.1, 0.15) is 26.3 Å². The number of furan rings is 2.